The van der Waals surface area contributed by atoms with E-state index in [-0.39, 0.29) is 30.5 Å². The number of aliphatic carboxylic acids is 2. The highest BCUT2D eigenvalue weighted by atomic mass is 32.2. The highest BCUT2D eigenvalue weighted by Gasteiger charge is 2.31. The lowest BCUT2D eigenvalue weighted by atomic mass is 10.1. The lowest BCUT2D eigenvalue weighted by Crippen LogP contribution is -2.49. The second-order valence-corrected chi connectivity index (χ2v) is 6.77. The molecule has 1 saturated heterocycles. The second-order valence-electron chi connectivity index (χ2n) is 5.69. The van der Waals surface area contributed by atoms with Gasteiger partial charge in [-0.05, 0) is 6.42 Å². The Morgan fingerprint density at radius 2 is 1.88 bits per heavy atom. The van der Waals surface area contributed by atoms with Crippen molar-refractivity contribution in [3.63, 3.8) is 0 Å². The first kappa shape index (κ1) is 22.2. The average molecular weight is 393 g/mol. The largest absolute Gasteiger partial charge is 0.480 e. The molecule has 0 bridgehead atoms. The molecule has 1 aliphatic heterocycles. The van der Waals surface area contributed by atoms with Gasteiger partial charge in [0, 0.05) is 17.9 Å². The van der Waals surface area contributed by atoms with Crippen molar-refractivity contribution in [1.29, 1.82) is 0 Å². The van der Waals surface area contributed by atoms with E-state index >= 15 is 0 Å². The minimum atomic E-state index is -1.24. The molecule has 4 atom stereocenters. The molecule has 0 aliphatic carbocycles. The summed E-state index contributed by atoms with van der Waals surface area (Å²) in [6.45, 7) is -0.122. The Bertz CT molecular complexity index is 528. The molecule has 4 unspecified atom stereocenters. The maximum atomic E-state index is 12.0. The fourth-order valence-corrected chi connectivity index (χ4v) is 2.90. The van der Waals surface area contributed by atoms with Gasteiger partial charge in [-0.15, -0.1) is 0 Å². The van der Waals surface area contributed by atoms with Crippen molar-refractivity contribution >= 4 is 35.5 Å². The lowest BCUT2D eigenvalue weighted by Gasteiger charge is -2.18. The van der Waals surface area contributed by atoms with E-state index in [1.54, 1.807) is 0 Å². The van der Waals surface area contributed by atoms with Crippen molar-refractivity contribution in [2.45, 2.75) is 37.1 Å². The Balaban J connectivity index is 2.48. The van der Waals surface area contributed by atoms with Crippen LogP contribution < -0.4 is 16.4 Å². The van der Waals surface area contributed by atoms with Crippen molar-refractivity contribution in [1.82, 2.24) is 10.6 Å². The molecule has 2 amide bonds. The first-order valence-electron chi connectivity index (χ1n) is 7.85. The molecule has 1 heterocycles. The number of rotatable bonds is 13. The van der Waals surface area contributed by atoms with Crippen molar-refractivity contribution in [2.24, 2.45) is 5.73 Å². The zero-order chi connectivity index (χ0) is 19.7. The molecule has 0 aromatic rings. The molecule has 1 fully saturated rings. The summed E-state index contributed by atoms with van der Waals surface area (Å²) >= 11 is 1.20. The van der Waals surface area contributed by atoms with Gasteiger partial charge in [-0.25, -0.2) is 0 Å². The standard InChI is InChI=1S/C14H23N3O8S/c15-7(14(23)24)1-2-11(19)17-8(13(22)16-3-12(20)21)5-26-6-9(18)10-4-25-10/h7-10,18H,1-6,15H2,(H,16,22)(H,17,19)(H,20,21)(H,23,24). The number of aliphatic hydroxyl groups is 1. The number of carboxylic acids is 2. The van der Waals surface area contributed by atoms with Gasteiger partial charge < -0.3 is 36.4 Å². The number of nitrogens with one attached hydrogen (secondary N) is 2. The van der Waals surface area contributed by atoms with Crippen molar-refractivity contribution in [3.8, 4) is 0 Å². The number of hydrogen-bond acceptors (Lipinski definition) is 8. The summed E-state index contributed by atoms with van der Waals surface area (Å²) in [5.41, 5.74) is 5.32. The molecule has 1 rings (SSSR count). The van der Waals surface area contributed by atoms with E-state index < -0.39 is 48.5 Å². The van der Waals surface area contributed by atoms with E-state index in [1.807, 2.05) is 0 Å². The first-order chi connectivity index (χ1) is 12.2. The van der Waals surface area contributed by atoms with Crippen molar-refractivity contribution < 1.29 is 39.2 Å². The van der Waals surface area contributed by atoms with E-state index in [9.17, 15) is 24.3 Å². The molecule has 12 heteroatoms. The summed E-state index contributed by atoms with van der Waals surface area (Å²) in [5, 5.41) is 31.6. The average Bonchev–Trinajstić information content (AvgIpc) is 3.41. The molecule has 11 nitrogen and oxygen atoms in total. The minimum Gasteiger partial charge on any atom is -0.480 e. The summed E-state index contributed by atoms with van der Waals surface area (Å²) in [7, 11) is 0. The maximum absolute atomic E-state index is 12.0. The number of ether oxygens (including phenoxy) is 1. The molecule has 0 saturated carbocycles. The van der Waals surface area contributed by atoms with Crippen LogP contribution in [-0.2, 0) is 23.9 Å². The van der Waals surface area contributed by atoms with Gasteiger partial charge in [-0.2, -0.15) is 11.8 Å². The summed E-state index contributed by atoms with van der Waals surface area (Å²) in [5.74, 6) is -3.35. The van der Waals surface area contributed by atoms with Crippen LogP contribution in [-0.4, -0.2) is 88.0 Å². The zero-order valence-corrected chi connectivity index (χ0v) is 14.7. The van der Waals surface area contributed by atoms with Gasteiger partial charge in [0.05, 0.1) is 12.7 Å². The Kier molecular flexibility index (Phi) is 9.34. The SMILES string of the molecule is NC(CCC(=O)NC(CSCC(O)C1CO1)C(=O)NCC(=O)O)C(=O)O. The monoisotopic (exact) mass is 393 g/mol. The zero-order valence-electron chi connectivity index (χ0n) is 13.9. The van der Waals surface area contributed by atoms with E-state index in [4.69, 9.17) is 20.7 Å². The molecule has 0 radical (unpaired) electrons. The fraction of sp³-hybridized carbons (Fsp3) is 0.714. The second kappa shape index (κ2) is 11.0. The highest BCUT2D eigenvalue weighted by molar-refractivity contribution is 7.99. The van der Waals surface area contributed by atoms with Gasteiger partial charge >= 0.3 is 11.9 Å². The van der Waals surface area contributed by atoms with E-state index in [0.717, 1.165) is 0 Å². The van der Waals surface area contributed by atoms with Crippen molar-refractivity contribution in [3.05, 3.63) is 0 Å². The lowest BCUT2D eigenvalue weighted by molar-refractivity contribution is -0.139. The number of carbonyl (C=O) groups is 4. The number of carboxylic acid groups (broad SMARTS) is 2. The van der Waals surface area contributed by atoms with Crippen LogP contribution in [0.5, 0.6) is 0 Å². The van der Waals surface area contributed by atoms with E-state index in [2.05, 4.69) is 10.6 Å². The third-order valence-corrected chi connectivity index (χ3v) is 4.57. The van der Waals surface area contributed by atoms with Crippen LogP contribution in [0.25, 0.3) is 0 Å². The van der Waals surface area contributed by atoms with Crippen LogP contribution >= 0.6 is 11.8 Å². The predicted octanol–water partition coefficient (Wildman–Crippen LogP) is -2.64. The molecule has 0 aromatic heterocycles. The highest BCUT2D eigenvalue weighted by Crippen LogP contribution is 2.18. The predicted molar refractivity (Wildman–Crippen MR) is 90.5 cm³/mol. The van der Waals surface area contributed by atoms with Crippen LogP contribution in [0.1, 0.15) is 12.8 Å². The van der Waals surface area contributed by atoms with Crippen LogP contribution in [0.2, 0.25) is 0 Å². The molecule has 0 aromatic carbocycles. The number of thioether (sulfide) groups is 1. The van der Waals surface area contributed by atoms with Gasteiger partial charge in [-0.3, -0.25) is 19.2 Å². The molecule has 0 spiro atoms. The summed E-state index contributed by atoms with van der Waals surface area (Å²) in [6, 6.07) is -2.22. The quantitative estimate of drug-likeness (QED) is 0.180. The smallest absolute Gasteiger partial charge is 0.322 e. The van der Waals surface area contributed by atoms with E-state index in [1.165, 1.54) is 11.8 Å². The van der Waals surface area contributed by atoms with Gasteiger partial charge in [-0.1, -0.05) is 0 Å². The molecule has 148 valence electrons. The molecule has 26 heavy (non-hydrogen) atoms. The number of hydrogen-bond donors (Lipinski definition) is 6. The molecule has 7 N–H and O–H groups in total. The summed E-state index contributed by atoms with van der Waals surface area (Å²) in [6.07, 6.45) is -1.20. The minimum absolute atomic E-state index is 0.102. The summed E-state index contributed by atoms with van der Waals surface area (Å²) in [4.78, 5) is 45.1. The number of amides is 2. The third-order valence-electron chi connectivity index (χ3n) is 3.43. The third kappa shape index (κ3) is 8.99. The van der Waals surface area contributed by atoms with Gasteiger partial charge in [0.1, 0.15) is 24.7 Å². The Morgan fingerprint density at radius 1 is 1.23 bits per heavy atom. The van der Waals surface area contributed by atoms with Crippen LogP contribution in [0, 0.1) is 0 Å². The van der Waals surface area contributed by atoms with E-state index in [0.29, 0.717) is 6.61 Å². The number of carbonyl (C=O) groups excluding carboxylic acids is 2. The maximum Gasteiger partial charge on any atom is 0.322 e. The van der Waals surface area contributed by atoms with Crippen LogP contribution in [0.4, 0.5) is 0 Å². The van der Waals surface area contributed by atoms with Gasteiger partial charge in [0.15, 0.2) is 0 Å². The molecule has 1 aliphatic rings. The normalized spacial score (nSPS) is 19.1. The van der Waals surface area contributed by atoms with Crippen LogP contribution in [0.15, 0.2) is 0 Å². The van der Waals surface area contributed by atoms with Crippen LogP contribution in [0.3, 0.4) is 0 Å². The number of aliphatic hydroxyl groups excluding tert-OH is 1. The summed E-state index contributed by atoms with van der Waals surface area (Å²) < 4.78 is 4.94. The topological polar surface area (TPSA) is 192 Å². The molecular formula is C14H23N3O8S. The Morgan fingerprint density at radius 3 is 2.42 bits per heavy atom. The molecular weight excluding hydrogens is 370 g/mol. The Labute approximate surface area is 153 Å². The van der Waals surface area contributed by atoms with Crippen molar-refractivity contribution in [2.75, 3.05) is 24.7 Å². The fourth-order valence-electron chi connectivity index (χ4n) is 1.84. The number of nitrogens with two attached hydrogens (primary N) is 1. The van der Waals surface area contributed by atoms with Gasteiger partial charge in [0.25, 0.3) is 0 Å². The number of epoxide rings is 1. The van der Waals surface area contributed by atoms with Gasteiger partial charge in [0.2, 0.25) is 11.8 Å². The Hall–Kier alpha value is -1.89. The first-order valence-corrected chi connectivity index (χ1v) is 9.00.